The summed E-state index contributed by atoms with van der Waals surface area (Å²) >= 11 is 0. The molecule has 0 aliphatic carbocycles. The molecule has 1 aliphatic heterocycles. The number of nitrogens with one attached hydrogen (secondary N) is 1. The van der Waals surface area contributed by atoms with Crippen LogP contribution < -0.4 is 11.2 Å². The van der Waals surface area contributed by atoms with E-state index in [2.05, 4.69) is 21.7 Å². The van der Waals surface area contributed by atoms with Crippen molar-refractivity contribution < 1.29 is 9.59 Å². The van der Waals surface area contributed by atoms with Crippen LogP contribution in [0.4, 0.5) is 4.79 Å². The van der Waals surface area contributed by atoms with E-state index >= 15 is 0 Å². The van der Waals surface area contributed by atoms with Crippen LogP contribution in [0.2, 0.25) is 0 Å². The first-order chi connectivity index (χ1) is 11.1. The molecule has 113 valence electrons. The fraction of sp³-hybridized carbons (Fsp3) is 0.0667. The third kappa shape index (κ3) is 1.78. The number of amides is 2. The summed E-state index contributed by atoms with van der Waals surface area (Å²) in [7, 11) is 1.77. The summed E-state index contributed by atoms with van der Waals surface area (Å²) in [6.07, 6.45) is 4.90. The Kier molecular flexibility index (Phi) is 2.61. The smallest absolute Gasteiger partial charge is 0.323 e. The van der Waals surface area contributed by atoms with Crippen LogP contribution in [0, 0.1) is 6.07 Å². The molecule has 0 unspecified atom stereocenters. The van der Waals surface area contributed by atoms with Crippen LogP contribution in [0.5, 0.6) is 0 Å². The lowest BCUT2D eigenvalue weighted by Gasteiger charge is -2.05. The molecular formula is C15H11N6O2. The third-order valence-electron chi connectivity index (χ3n) is 3.77. The maximum Gasteiger partial charge on any atom is 0.323 e. The van der Waals surface area contributed by atoms with Crippen molar-refractivity contribution in [2.75, 3.05) is 0 Å². The quantitative estimate of drug-likeness (QED) is 0.695. The summed E-state index contributed by atoms with van der Waals surface area (Å²) in [4.78, 5) is 24.2. The van der Waals surface area contributed by atoms with E-state index in [9.17, 15) is 9.59 Å². The fourth-order valence-electron chi connectivity index (χ4n) is 2.88. The third-order valence-corrected chi connectivity index (χ3v) is 3.77. The van der Waals surface area contributed by atoms with Crippen LogP contribution >= 0.6 is 0 Å². The molecular weight excluding hydrogens is 296 g/mol. The molecule has 0 spiro atoms. The van der Waals surface area contributed by atoms with Gasteiger partial charge in [0.15, 0.2) is 0 Å². The highest BCUT2D eigenvalue weighted by atomic mass is 16.2. The van der Waals surface area contributed by atoms with Gasteiger partial charge >= 0.3 is 6.03 Å². The van der Waals surface area contributed by atoms with E-state index in [1.54, 1.807) is 36.3 Å². The monoisotopic (exact) mass is 307 g/mol. The zero-order valence-electron chi connectivity index (χ0n) is 12.1. The lowest BCUT2D eigenvalue weighted by Crippen LogP contribution is -2.21. The molecule has 0 fully saturated rings. The molecule has 0 bridgehead atoms. The Bertz CT molecular complexity index is 1010. The van der Waals surface area contributed by atoms with Gasteiger partial charge in [0.1, 0.15) is 0 Å². The number of hydrogen-bond acceptors (Lipinski definition) is 4. The van der Waals surface area contributed by atoms with Crippen LogP contribution in [0.15, 0.2) is 29.6 Å². The number of nitrogens with two attached hydrogens (primary N) is 1. The highest BCUT2D eigenvalue weighted by Crippen LogP contribution is 2.35. The zero-order chi connectivity index (χ0) is 16.1. The van der Waals surface area contributed by atoms with Crippen molar-refractivity contribution in [1.82, 2.24) is 19.8 Å². The average Bonchev–Trinajstić information content (AvgIpc) is 3.03. The normalized spacial score (nSPS) is 13.2. The highest BCUT2D eigenvalue weighted by Gasteiger charge is 2.26. The minimum absolute atomic E-state index is 0.360. The Morgan fingerprint density at radius 1 is 1.39 bits per heavy atom. The van der Waals surface area contributed by atoms with E-state index in [1.807, 2.05) is 0 Å². The summed E-state index contributed by atoms with van der Waals surface area (Å²) in [5.41, 5.74) is 10.8. The summed E-state index contributed by atoms with van der Waals surface area (Å²) in [6.45, 7) is 0. The number of carbonyl (C=O) groups is 2. The summed E-state index contributed by atoms with van der Waals surface area (Å²) < 4.78 is 2.97. The van der Waals surface area contributed by atoms with Gasteiger partial charge in [-0.2, -0.15) is 10.2 Å². The maximum atomic E-state index is 12.1. The van der Waals surface area contributed by atoms with Crippen molar-refractivity contribution in [3.63, 3.8) is 0 Å². The van der Waals surface area contributed by atoms with Crippen LogP contribution in [0.3, 0.4) is 0 Å². The van der Waals surface area contributed by atoms with Crippen molar-refractivity contribution in [3.05, 3.63) is 41.7 Å². The molecule has 1 radical (unpaired) electrons. The standard InChI is InChI=1S/C15H11N6O2/c1-20-7-8(5-18-20)13-10-6-17-19-14(22)9-3-2-4-11(12(9)10)21(13)15(16)23/h3-7H,1H3,(H2,16,23)(H,19,22). The van der Waals surface area contributed by atoms with E-state index in [4.69, 9.17) is 5.73 Å². The van der Waals surface area contributed by atoms with Gasteiger partial charge in [-0.25, -0.2) is 10.2 Å². The van der Waals surface area contributed by atoms with Gasteiger partial charge in [-0.05, 0) is 18.2 Å². The number of nitrogens with zero attached hydrogens (tertiary/aromatic N) is 4. The Morgan fingerprint density at radius 3 is 2.91 bits per heavy atom. The number of rotatable bonds is 1. The first-order valence-electron chi connectivity index (χ1n) is 6.78. The molecule has 4 rings (SSSR count). The molecule has 0 saturated carbocycles. The van der Waals surface area contributed by atoms with Gasteiger partial charge in [0.25, 0.3) is 5.91 Å². The second-order valence-corrected chi connectivity index (χ2v) is 5.17. The van der Waals surface area contributed by atoms with Crippen molar-refractivity contribution in [2.24, 2.45) is 17.9 Å². The van der Waals surface area contributed by atoms with E-state index < -0.39 is 6.03 Å². The number of primary amides is 1. The van der Waals surface area contributed by atoms with Gasteiger partial charge in [-0.3, -0.25) is 14.0 Å². The molecule has 3 heterocycles. The Labute approximate surface area is 130 Å². The van der Waals surface area contributed by atoms with Crippen LogP contribution in [0.25, 0.3) is 22.2 Å². The summed E-state index contributed by atoms with van der Waals surface area (Å²) in [5, 5.41) is 8.67. The molecule has 8 heteroatoms. The van der Waals surface area contributed by atoms with E-state index in [-0.39, 0.29) is 5.91 Å². The van der Waals surface area contributed by atoms with Crippen LogP contribution in [-0.2, 0) is 7.05 Å². The molecule has 1 aromatic carbocycles. The van der Waals surface area contributed by atoms with Gasteiger partial charge in [-0.15, -0.1) is 0 Å². The number of aromatic nitrogens is 3. The van der Waals surface area contributed by atoms with E-state index in [0.717, 1.165) is 0 Å². The molecule has 3 aromatic rings. The van der Waals surface area contributed by atoms with Crippen molar-refractivity contribution in [3.8, 4) is 11.3 Å². The highest BCUT2D eigenvalue weighted by molar-refractivity contribution is 6.19. The Morgan fingerprint density at radius 2 is 2.22 bits per heavy atom. The Hall–Kier alpha value is -3.42. The fourth-order valence-corrected chi connectivity index (χ4v) is 2.88. The number of aryl methyl sites for hydroxylation is 1. The minimum Gasteiger partial charge on any atom is -0.351 e. The SMILES string of the molecule is Cn1cc(-c2c3c4c(c[c]cc4n2C(N)=O)C(=O)NN=C3)cn1. The van der Waals surface area contributed by atoms with Crippen molar-refractivity contribution in [2.45, 2.75) is 0 Å². The van der Waals surface area contributed by atoms with Gasteiger partial charge in [0, 0.05) is 29.8 Å². The van der Waals surface area contributed by atoms with Gasteiger partial charge < -0.3 is 5.73 Å². The second kappa shape index (κ2) is 4.54. The van der Waals surface area contributed by atoms with Crippen LogP contribution in [0.1, 0.15) is 15.9 Å². The molecule has 8 nitrogen and oxygen atoms in total. The average molecular weight is 307 g/mol. The first kappa shape index (κ1) is 13.3. The molecule has 2 aromatic heterocycles. The largest absolute Gasteiger partial charge is 0.351 e. The molecule has 23 heavy (non-hydrogen) atoms. The lowest BCUT2D eigenvalue weighted by atomic mass is 10.0. The number of carbonyl (C=O) groups excluding carboxylic acids is 2. The van der Waals surface area contributed by atoms with Crippen LogP contribution in [-0.4, -0.2) is 32.5 Å². The second-order valence-electron chi connectivity index (χ2n) is 5.17. The molecule has 0 atom stereocenters. The lowest BCUT2D eigenvalue weighted by molar-refractivity contribution is 0.0957. The summed E-state index contributed by atoms with van der Waals surface area (Å²) in [5.74, 6) is -0.360. The maximum absolute atomic E-state index is 12.1. The molecule has 2 amide bonds. The number of hydrazone groups is 1. The van der Waals surface area contributed by atoms with Gasteiger partial charge in [0.05, 0.1) is 29.2 Å². The predicted octanol–water partition coefficient (Wildman–Crippen LogP) is 0.846. The molecule has 0 saturated heterocycles. The number of benzene rings is 1. The number of hydrogen-bond donors (Lipinski definition) is 2. The summed E-state index contributed by atoms with van der Waals surface area (Å²) in [6, 6.07) is 5.41. The van der Waals surface area contributed by atoms with Crippen molar-refractivity contribution >= 4 is 29.1 Å². The topological polar surface area (TPSA) is 107 Å². The van der Waals surface area contributed by atoms with Gasteiger partial charge in [-0.1, -0.05) is 0 Å². The Balaban J connectivity index is 2.22. The minimum atomic E-state index is -0.653. The molecule has 1 aliphatic rings. The van der Waals surface area contributed by atoms with E-state index in [0.29, 0.717) is 33.3 Å². The zero-order valence-corrected chi connectivity index (χ0v) is 12.1. The van der Waals surface area contributed by atoms with Gasteiger partial charge in [0.2, 0.25) is 0 Å². The molecule has 3 N–H and O–H groups in total. The predicted molar refractivity (Wildman–Crippen MR) is 83.0 cm³/mol. The van der Waals surface area contributed by atoms with Crippen molar-refractivity contribution in [1.29, 1.82) is 0 Å². The first-order valence-corrected chi connectivity index (χ1v) is 6.78. The van der Waals surface area contributed by atoms with E-state index in [1.165, 1.54) is 10.8 Å².